The van der Waals surface area contributed by atoms with Crippen LogP contribution in [0.4, 0.5) is 4.39 Å². The number of benzene rings is 1. The molecule has 2 rings (SSSR count). The number of ether oxygens (including phenoxy) is 2. The number of likely N-dealkylation sites (tertiary alicyclic amines) is 1. The van der Waals surface area contributed by atoms with Crippen LogP contribution in [0.3, 0.4) is 0 Å². The van der Waals surface area contributed by atoms with Gasteiger partial charge in [0, 0.05) is 31.7 Å². The highest BCUT2D eigenvalue weighted by Crippen LogP contribution is 2.30. The molecule has 1 aliphatic heterocycles. The molecular formula is C19H28FNO3. The summed E-state index contributed by atoms with van der Waals surface area (Å²) in [6.07, 6.45) is 3.43. The molecule has 0 spiro atoms. The van der Waals surface area contributed by atoms with Crippen LogP contribution in [0.2, 0.25) is 0 Å². The molecule has 5 heteroatoms. The Morgan fingerprint density at radius 2 is 1.92 bits per heavy atom. The normalized spacial score (nSPS) is 16.7. The average Bonchev–Trinajstić information content (AvgIpc) is 2.60. The van der Waals surface area contributed by atoms with Crippen LogP contribution in [0.25, 0.3) is 0 Å². The van der Waals surface area contributed by atoms with E-state index in [0.717, 1.165) is 50.7 Å². The van der Waals surface area contributed by atoms with Crippen molar-refractivity contribution < 1.29 is 18.7 Å². The summed E-state index contributed by atoms with van der Waals surface area (Å²) in [5.41, 5.74) is 1.47. The molecule has 0 atom stereocenters. The predicted octanol–water partition coefficient (Wildman–Crippen LogP) is 3.61. The van der Waals surface area contributed by atoms with Gasteiger partial charge in [-0.3, -0.25) is 4.79 Å². The molecule has 0 N–H and O–H groups in total. The zero-order valence-electron chi connectivity index (χ0n) is 14.7. The molecule has 1 saturated heterocycles. The summed E-state index contributed by atoms with van der Waals surface area (Å²) >= 11 is 0. The topological polar surface area (TPSA) is 38.8 Å². The number of halogens is 1. The summed E-state index contributed by atoms with van der Waals surface area (Å²) in [4.78, 5) is 13.6. The van der Waals surface area contributed by atoms with Crippen molar-refractivity contribution >= 4 is 6.29 Å². The van der Waals surface area contributed by atoms with Gasteiger partial charge in [-0.05, 0) is 69.5 Å². The minimum Gasteiger partial charge on any atom is -0.353 e. The number of carbonyl (C=O) groups is 1. The Morgan fingerprint density at radius 1 is 1.25 bits per heavy atom. The lowest BCUT2D eigenvalue weighted by atomic mass is 9.86. The van der Waals surface area contributed by atoms with E-state index in [1.165, 1.54) is 12.1 Å². The third kappa shape index (κ3) is 5.36. The highest BCUT2D eigenvalue weighted by atomic mass is 19.1. The predicted molar refractivity (Wildman–Crippen MR) is 91.9 cm³/mol. The number of rotatable bonds is 9. The lowest BCUT2D eigenvalue weighted by molar-refractivity contribution is -0.142. The molecule has 0 aliphatic carbocycles. The Balaban J connectivity index is 1.85. The third-order valence-corrected chi connectivity index (χ3v) is 4.59. The minimum atomic E-state index is -0.269. The number of nitrogens with zero attached hydrogens (tertiary/aromatic N) is 1. The maximum absolute atomic E-state index is 13.5. The third-order valence-electron chi connectivity index (χ3n) is 4.59. The van der Waals surface area contributed by atoms with Crippen molar-refractivity contribution in [2.75, 3.05) is 32.8 Å². The summed E-state index contributed by atoms with van der Waals surface area (Å²) in [6, 6.07) is 4.45. The van der Waals surface area contributed by atoms with Crippen LogP contribution in [-0.4, -0.2) is 50.3 Å². The van der Waals surface area contributed by atoms with Crippen LogP contribution in [0.1, 0.15) is 54.9 Å². The second-order valence-electron chi connectivity index (χ2n) is 6.14. The monoisotopic (exact) mass is 337 g/mol. The summed E-state index contributed by atoms with van der Waals surface area (Å²) in [5, 5.41) is 0. The summed E-state index contributed by atoms with van der Waals surface area (Å²) in [6.45, 7) is 8.08. The van der Waals surface area contributed by atoms with Gasteiger partial charge in [-0.25, -0.2) is 4.39 Å². The highest BCUT2D eigenvalue weighted by molar-refractivity contribution is 5.77. The van der Waals surface area contributed by atoms with Crippen molar-refractivity contribution in [3.05, 3.63) is 35.1 Å². The Hall–Kier alpha value is -1.30. The summed E-state index contributed by atoms with van der Waals surface area (Å²) < 4.78 is 24.7. The highest BCUT2D eigenvalue weighted by Gasteiger charge is 2.23. The smallest absolute Gasteiger partial charge is 0.158 e. The molecule has 1 aromatic rings. The van der Waals surface area contributed by atoms with Gasteiger partial charge in [0.25, 0.3) is 0 Å². The lowest BCUT2D eigenvalue weighted by Gasteiger charge is -2.33. The lowest BCUT2D eigenvalue weighted by Crippen LogP contribution is -2.36. The quantitative estimate of drug-likeness (QED) is 0.510. The van der Waals surface area contributed by atoms with E-state index in [4.69, 9.17) is 9.47 Å². The summed E-state index contributed by atoms with van der Waals surface area (Å²) in [5.74, 6) is -0.0129. The molecule has 0 bridgehead atoms. The van der Waals surface area contributed by atoms with Crippen LogP contribution in [0, 0.1) is 5.82 Å². The molecule has 0 aromatic heterocycles. The van der Waals surface area contributed by atoms with Gasteiger partial charge in [0.1, 0.15) is 12.1 Å². The molecule has 0 unspecified atom stereocenters. The van der Waals surface area contributed by atoms with Crippen molar-refractivity contribution in [2.24, 2.45) is 0 Å². The van der Waals surface area contributed by atoms with Crippen molar-refractivity contribution in [3.63, 3.8) is 0 Å². The van der Waals surface area contributed by atoms with Gasteiger partial charge in [-0.1, -0.05) is 0 Å². The van der Waals surface area contributed by atoms with Crippen LogP contribution in [-0.2, 0) is 9.47 Å². The van der Waals surface area contributed by atoms with E-state index < -0.39 is 0 Å². The minimum absolute atomic E-state index is 0.136. The second-order valence-corrected chi connectivity index (χ2v) is 6.14. The zero-order chi connectivity index (χ0) is 17.4. The van der Waals surface area contributed by atoms with Gasteiger partial charge in [0.05, 0.1) is 0 Å². The number of aldehydes is 1. The van der Waals surface area contributed by atoms with Crippen LogP contribution in [0.5, 0.6) is 0 Å². The van der Waals surface area contributed by atoms with Gasteiger partial charge >= 0.3 is 0 Å². The maximum atomic E-state index is 13.5. The molecule has 24 heavy (non-hydrogen) atoms. The first-order chi connectivity index (χ1) is 11.7. The van der Waals surface area contributed by atoms with Crippen molar-refractivity contribution in [1.29, 1.82) is 0 Å². The fourth-order valence-corrected chi connectivity index (χ4v) is 3.35. The molecule has 0 amide bonds. The van der Waals surface area contributed by atoms with E-state index >= 15 is 0 Å². The van der Waals surface area contributed by atoms with Gasteiger partial charge in [0.15, 0.2) is 6.29 Å². The number of carbonyl (C=O) groups excluding carboxylic acids is 1. The van der Waals surface area contributed by atoms with Crippen molar-refractivity contribution in [2.45, 2.75) is 45.3 Å². The first-order valence-electron chi connectivity index (χ1n) is 8.88. The number of piperidine rings is 1. The molecule has 4 nitrogen and oxygen atoms in total. The van der Waals surface area contributed by atoms with Crippen molar-refractivity contribution in [1.82, 2.24) is 4.90 Å². The van der Waals surface area contributed by atoms with Crippen LogP contribution in [0.15, 0.2) is 18.2 Å². The first-order valence-corrected chi connectivity index (χ1v) is 8.88. The van der Waals surface area contributed by atoms with Crippen LogP contribution < -0.4 is 0 Å². The SMILES string of the molecule is CCOC(CCN1CCC(c2cc(F)ccc2C=O)CC1)OCC. The van der Waals surface area contributed by atoms with E-state index in [-0.39, 0.29) is 18.0 Å². The van der Waals surface area contributed by atoms with Gasteiger partial charge < -0.3 is 14.4 Å². The zero-order valence-corrected chi connectivity index (χ0v) is 14.7. The molecule has 1 fully saturated rings. The number of hydrogen-bond donors (Lipinski definition) is 0. The summed E-state index contributed by atoms with van der Waals surface area (Å²) in [7, 11) is 0. The molecule has 1 aliphatic rings. The van der Waals surface area contributed by atoms with E-state index in [9.17, 15) is 9.18 Å². The Morgan fingerprint density at radius 3 is 2.50 bits per heavy atom. The fourth-order valence-electron chi connectivity index (χ4n) is 3.35. The largest absolute Gasteiger partial charge is 0.353 e. The molecular weight excluding hydrogens is 309 g/mol. The Labute approximate surface area is 143 Å². The molecule has 134 valence electrons. The van der Waals surface area contributed by atoms with Gasteiger partial charge in [-0.15, -0.1) is 0 Å². The second kappa shape index (κ2) is 9.87. The Kier molecular flexibility index (Phi) is 7.82. The Bertz CT molecular complexity index is 509. The first kappa shape index (κ1) is 19.0. The number of hydrogen-bond acceptors (Lipinski definition) is 4. The fraction of sp³-hybridized carbons (Fsp3) is 0.632. The average molecular weight is 337 g/mol. The van der Waals surface area contributed by atoms with E-state index in [1.807, 2.05) is 13.8 Å². The molecule has 0 saturated carbocycles. The van der Waals surface area contributed by atoms with E-state index in [0.29, 0.717) is 18.8 Å². The van der Waals surface area contributed by atoms with E-state index in [1.54, 1.807) is 6.07 Å². The maximum Gasteiger partial charge on any atom is 0.158 e. The molecule has 1 heterocycles. The van der Waals surface area contributed by atoms with Crippen LogP contribution >= 0.6 is 0 Å². The standard InChI is InChI=1S/C19H28FNO3/c1-3-23-19(24-4-2)9-12-21-10-7-15(8-11-21)18-13-17(20)6-5-16(18)14-22/h5-6,13-15,19H,3-4,7-12H2,1-2H3. The molecule has 0 radical (unpaired) electrons. The van der Waals surface area contributed by atoms with E-state index in [2.05, 4.69) is 4.90 Å². The van der Waals surface area contributed by atoms with Gasteiger partial charge in [0.2, 0.25) is 0 Å². The molecule has 1 aromatic carbocycles. The van der Waals surface area contributed by atoms with Gasteiger partial charge in [-0.2, -0.15) is 0 Å². The van der Waals surface area contributed by atoms with Crippen molar-refractivity contribution in [3.8, 4) is 0 Å².